The molecule has 0 aromatic heterocycles. The molecule has 0 spiro atoms. The molecule has 1 atom stereocenters. The topological polar surface area (TPSA) is 38.7 Å². The standard InChI is InChI=1S/C12H17FO3/c1-8(14)4-9-5-12(16-3)10(7-13)6-11(9)15-2/h5-6,8,14H,4,7H2,1-3H3. The van der Waals surface area contributed by atoms with Gasteiger partial charge in [0.2, 0.25) is 0 Å². The summed E-state index contributed by atoms with van der Waals surface area (Å²) in [5, 5.41) is 9.35. The Morgan fingerprint density at radius 3 is 2.12 bits per heavy atom. The molecule has 1 aromatic rings. The first kappa shape index (κ1) is 12.8. The van der Waals surface area contributed by atoms with Crippen LogP contribution in [0.3, 0.4) is 0 Å². The highest BCUT2D eigenvalue weighted by Gasteiger charge is 2.12. The number of ether oxygens (including phenoxy) is 2. The number of hydrogen-bond donors (Lipinski definition) is 1. The molecule has 4 heteroatoms. The number of halogens is 1. The Hall–Kier alpha value is -1.29. The number of rotatable bonds is 5. The summed E-state index contributed by atoms with van der Waals surface area (Å²) in [5.41, 5.74) is 1.26. The van der Waals surface area contributed by atoms with Gasteiger partial charge in [-0.2, -0.15) is 0 Å². The van der Waals surface area contributed by atoms with Gasteiger partial charge in [0.05, 0.1) is 20.3 Å². The van der Waals surface area contributed by atoms with Crippen molar-refractivity contribution in [3.63, 3.8) is 0 Å². The SMILES string of the molecule is COc1cc(CC(C)O)c(OC)cc1CF. The third kappa shape index (κ3) is 2.85. The van der Waals surface area contributed by atoms with E-state index in [4.69, 9.17) is 9.47 Å². The Kier molecular flexibility index (Phi) is 4.55. The van der Waals surface area contributed by atoms with E-state index < -0.39 is 12.8 Å². The monoisotopic (exact) mass is 228 g/mol. The van der Waals surface area contributed by atoms with Crippen molar-refractivity contribution in [3.8, 4) is 11.5 Å². The van der Waals surface area contributed by atoms with E-state index >= 15 is 0 Å². The lowest BCUT2D eigenvalue weighted by Crippen LogP contribution is -2.06. The van der Waals surface area contributed by atoms with Crippen molar-refractivity contribution in [2.45, 2.75) is 26.1 Å². The molecule has 0 heterocycles. The summed E-state index contributed by atoms with van der Waals surface area (Å²) in [6.07, 6.45) is -0.0265. The van der Waals surface area contributed by atoms with E-state index in [9.17, 15) is 9.50 Å². The van der Waals surface area contributed by atoms with Gasteiger partial charge in [0.25, 0.3) is 0 Å². The zero-order chi connectivity index (χ0) is 12.1. The number of hydrogen-bond acceptors (Lipinski definition) is 3. The van der Waals surface area contributed by atoms with Crippen molar-refractivity contribution in [2.75, 3.05) is 14.2 Å². The minimum Gasteiger partial charge on any atom is -0.496 e. The predicted octanol–water partition coefficient (Wildman–Crippen LogP) is 2.10. The first-order valence-corrected chi connectivity index (χ1v) is 5.10. The third-order valence-corrected chi connectivity index (χ3v) is 2.34. The average Bonchev–Trinajstić information content (AvgIpc) is 2.27. The van der Waals surface area contributed by atoms with E-state index in [1.54, 1.807) is 19.1 Å². The molecule has 1 unspecified atom stereocenters. The lowest BCUT2D eigenvalue weighted by Gasteiger charge is -2.14. The van der Waals surface area contributed by atoms with Crippen molar-refractivity contribution in [1.29, 1.82) is 0 Å². The zero-order valence-corrected chi connectivity index (χ0v) is 9.79. The van der Waals surface area contributed by atoms with E-state index in [0.29, 0.717) is 23.5 Å². The number of benzene rings is 1. The lowest BCUT2D eigenvalue weighted by molar-refractivity contribution is 0.194. The van der Waals surface area contributed by atoms with Crippen LogP contribution in [0.1, 0.15) is 18.1 Å². The molecule has 1 N–H and O–H groups in total. The van der Waals surface area contributed by atoms with Gasteiger partial charge in [-0.25, -0.2) is 4.39 Å². The Morgan fingerprint density at radius 2 is 1.69 bits per heavy atom. The summed E-state index contributed by atoms with van der Waals surface area (Å²) < 4.78 is 22.9. The Bertz CT molecular complexity index is 350. The largest absolute Gasteiger partial charge is 0.496 e. The van der Waals surface area contributed by atoms with Crippen molar-refractivity contribution >= 4 is 0 Å². The van der Waals surface area contributed by atoms with Crippen LogP contribution in [-0.4, -0.2) is 25.4 Å². The smallest absolute Gasteiger partial charge is 0.125 e. The van der Waals surface area contributed by atoms with Gasteiger partial charge in [-0.05, 0) is 19.1 Å². The van der Waals surface area contributed by atoms with Gasteiger partial charge >= 0.3 is 0 Å². The van der Waals surface area contributed by atoms with Gasteiger partial charge in [0, 0.05) is 17.5 Å². The van der Waals surface area contributed by atoms with Crippen molar-refractivity contribution in [2.24, 2.45) is 0 Å². The van der Waals surface area contributed by atoms with Crippen LogP contribution >= 0.6 is 0 Å². The van der Waals surface area contributed by atoms with Gasteiger partial charge < -0.3 is 14.6 Å². The Labute approximate surface area is 94.8 Å². The van der Waals surface area contributed by atoms with E-state index in [-0.39, 0.29) is 0 Å². The van der Waals surface area contributed by atoms with Gasteiger partial charge in [-0.3, -0.25) is 0 Å². The summed E-state index contributed by atoms with van der Waals surface area (Å²) in [7, 11) is 3.02. The summed E-state index contributed by atoms with van der Waals surface area (Å²) in [4.78, 5) is 0. The van der Waals surface area contributed by atoms with E-state index in [0.717, 1.165) is 5.56 Å². The molecule has 0 amide bonds. The average molecular weight is 228 g/mol. The molecule has 0 aliphatic carbocycles. The van der Waals surface area contributed by atoms with Crippen molar-refractivity contribution in [1.82, 2.24) is 0 Å². The van der Waals surface area contributed by atoms with Crippen molar-refractivity contribution < 1.29 is 19.0 Å². The maximum Gasteiger partial charge on any atom is 0.125 e. The highest BCUT2D eigenvalue weighted by Crippen LogP contribution is 2.30. The van der Waals surface area contributed by atoms with Crippen LogP contribution in [0.2, 0.25) is 0 Å². The highest BCUT2D eigenvalue weighted by atomic mass is 19.1. The van der Waals surface area contributed by atoms with Crippen LogP contribution in [0.5, 0.6) is 11.5 Å². The predicted molar refractivity (Wildman–Crippen MR) is 59.7 cm³/mol. The Morgan fingerprint density at radius 1 is 1.19 bits per heavy atom. The lowest BCUT2D eigenvalue weighted by atomic mass is 10.0. The number of alkyl halides is 1. The van der Waals surface area contributed by atoms with Gasteiger partial charge in [-0.1, -0.05) is 0 Å². The van der Waals surface area contributed by atoms with Crippen LogP contribution in [0.15, 0.2) is 12.1 Å². The molecule has 0 radical (unpaired) electrons. The van der Waals surface area contributed by atoms with E-state index in [2.05, 4.69) is 0 Å². The van der Waals surface area contributed by atoms with Gasteiger partial charge in [0.1, 0.15) is 18.2 Å². The maximum atomic E-state index is 12.7. The fourth-order valence-electron chi connectivity index (χ4n) is 1.61. The molecule has 0 saturated heterocycles. The Balaban J connectivity index is 3.15. The minimum atomic E-state index is -0.603. The molecule has 0 aliphatic rings. The molecular formula is C12H17FO3. The normalized spacial score (nSPS) is 12.3. The van der Waals surface area contributed by atoms with E-state index in [1.165, 1.54) is 14.2 Å². The van der Waals surface area contributed by atoms with E-state index in [1.807, 2.05) is 0 Å². The molecule has 0 fully saturated rings. The number of aliphatic hydroxyl groups excluding tert-OH is 1. The molecule has 1 rings (SSSR count). The van der Waals surface area contributed by atoms with Crippen molar-refractivity contribution in [3.05, 3.63) is 23.3 Å². The van der Waals surface area contributed by atoms with Gasteiger partial charge in [0.15, 0.2) is 0 Å². The molecule has 16 heavy (non-hydrogen) atoms. The number of aliphatic hydroxyl groups is 1. The summed E-state index contributed by atoms with van der Waals surface area (Å²) in [6.45, 7) is 1.09. The molecule has 1 aromatic carbocycles. The molecule has 90 valence electrons. The second kappa shape index (κ2) is 5.70. The van der Waals surface area contributed by atoms with Crippen LogP contribution in [0, 0.1) is 0 Å². The van der Waals surface area contributed by atoms with Crippen LogP contribution < -0.4 is 9.47 Å². The first-order chi connectivity index (χ1) is 7.62. The molecule has 3 nitrogen and oxygen atoms in total. The molecular weight excluding hydrogens is 211 g/mol. The quantitative estimate of drug-likeness (QED) is 0.838. The van der Waals surface area contributed by atoms with Gasteiger partial charge in [-0.15, -0.1) is 0 Å². The summed E-state index contributed by atoms with van der Waals surface area (Å²) in [5.74, 6) is 1.06. The molecule has 0 bridgehead atoms. The first-order valence-electron chi connectivity index (χ1n) is 5.10. The summed E-state index contributed by atoms with van der Waals surface area (Å²) in [6, 6.07) is 3.32. The second-order valence-corrected chi connectivity index (χ2v) is 3.66. The second-order valence-electron chi connectivity index (χ2n) is 3.66. The van der Waals surface area contributed by atoms with Crippen LogP contribution in [0.25, 0.3) is 0 Å². The third-order valence-electron chi connectivity index (χ3n) is 2.34. The van der Waals surface area contributed by atoms with Crippen LogP contribution in [-0.2, 0) is 13.1 Å². The fourth-order valence-corrected chi connectivity index (χ4v) is 1.61. The summed E-state index contributed by atoms with van der Waals surface area (Å²) >= 11 is 0. The van der Waals surface area contributed by atoms with Crippen LogP contribution in [0.4, 0.5) is 4.39 Å². The minimum absolute atomic E-state index is 0.450. The molecule has 0 saturated carbocycles. The highest BCUT2D eigenvalue weighted by molar-refractivity contribution is 5.46. The number of methoxy groups -OCH3 is 2. The molecule has 0 aliphatic heterocycles. The fraction of sp³-hybridized carbons (Fsp3) is 0.500. The zero-order valence-electron chi connectivity index (χ0n) is 9.79. The maximum absolute atomic E-state index is 12.7.